The molecule has 210 valence electrons. The monoisotopic (exact) mass is 598 g/mol. The number of rotatable bonds is 5. The summed E-state index contributed by atoms with van der Waals surface area (Å²) in [6.07, 6.45) is -0.435. The van der Waals surface area contributed by atoms with Crippen molar-refractivity contribution in [3.05, 3.63) is 99.2 Å². The van der Waals surface area contributed by atoms with Crippen LogP contribution in [-0.2, 0) is 12.7 Å². The van der Waals surface area contributed by atoms with Crippen molar-refractivity contribution in [3.8, 4) is 22.3 Å². The average Bonchev–Trinajstić information content (AvgIpc) is 3.28. The molecule has 0 N–H and O–H groups in total. The third-order valence-electron chi connectivity index (χ3n) is 7.35. The van der Waals surface area contributed by atoms with Gasteiger partial charge in [-0.15, -0.1) is 5.10 Å². The van der Waals surface area contributed by atoms with E-state index in [0.717, 1.165) is 47.4 Å². The van der Waals surface area contributed by atoms with E-state index in [2.05, 4.69) is 10.1 Å². The molecule has 5 aromatic rings. The van der Waals surface area contributed by atoms with Gasteiger partial charge in [0.15, 0.2) is 5.65 Å². The molecule has 1 saturated heterocycles. The van der Waals surface area contributed by atoms with Crippen molar-refractivity contribution < 1.29 is 13.2 Å². The van der Waals surface area contributed by atoms with E-state index in [4.69, 9.17) is 28.3 Å². The second kappa shape index (κ2) is 10.8. The number of pyridine rings is 1. The molecule has 0 saturated carbocycles. The second-order valence-electron chi connectivity index (χ2n) is 9.98. The van der Waals surface area contributed by atoms with Gasteiger partial charge < -0.3 is 4.90 Å². The van der Waals surface area contributed by atoms with E-state index in [1.54, 1.807) is 30.5 Å². The summed E-state index contributed by atoms with van der Waals surface area (Å²) in [5.74, 6) is 0.658. The molecule has 0 bridgehead atoms. The van der Waals surface area contributed by atoms with Crippen LogP contribution in [0.15, 0.2) is 77.9 Å². The number of alkyl halides is 3. The average molecular weight is 599 g/mol. The van der Waals surface area contributed by atoms with Crippen molar-refractivity contribution in [2.24, 2.45) is 5.92 Å². The summed E-state index contributed by atoms with van der Waals surface area (Å²) < 4.78 is 41.4. The van der Waals surface area contributed by atoms with Crippen molar-refractivity contribution in [1.29, 1.82) is 0 Å². The summed E-state index contributed by atoms with van der Waals surface area (Å²) in [5, 5.41) is 10.4. The number of hydrogen-bond donors (Lipinski definition) is 0. The maximum Gasteiger partial charge on any atom is 0.417 e. The third kappa shape index (κ3) is 5.54. The summed E-state index contributed by atoms with van der Waals surface area (Å²) in [6.45, 7) is 1.62. The largest absolute Gasteiger partial charge is 0.417 e. The Bertz CT molecular complexity index is 1740. The zero-order chi connectivity index (χ0) is 28.7. The van der Waals surface area contributed by atoms with Crippen molar-refractivity contribution in [2.45, 2.75) is 25.6 Å². The molecular formula is C29H23Cl2F3N6O. The van der Waals surface area contributed by atoms with Crippen LogP contribution in [0, 0.1) is 5.92 Å². The van der Waals surface area contributed by atoms with Gasteiger partial charge in [0.1, 0.15) is 5.82 Å². The van der Waals surface area contributed by atoms with Gasteiger partial charge >= 0.3 is 11.9 Å². The Morgan fingerprint density at radius 1 is 0.854 bits per heavy atom. The summed E-state index contributed by atoms with van der Waals surface area (Å²) >= 11 is 12.3. The first-order chi connectivity index (χ1) is 19.7. The summed E-state index contributed by atoms with van der Waals surface area (Å²) in [4.78, 5) is 19.4. The fourth-order valence-corrected chi connectivity index (χ4v) is 5.41. The van der Waals surface area contributed by atoms with E-state index in [9.17, 15) is 18.0 Å². The van der Waals surface area contributed by atoms with Crippen LogP contribution in [0.4, 0.5) is 19.0 Å². The number of aromatic nitrogens is 5. The normalized spacial score (nSPS) is 14.6. The standard InChI is InChI=1S/C29H23Cl2F3N6O/c30-22-6-1-19(2-7-22)24-16-36-40-27(26(24)20-3-8-23(31)9-4-20)37-39(28(40)41)17-18-11-13-38(14-12-18)25-10-5-21(15-35-25)29(32,33)34/h1-10,15-16,18H,11-14,17H2. The van der Waals surface area contributed by atoms with Gasteiger partial charge in [0.25, 0.3) is 0 Å². The fraction of sp³-hybridized carbons (Fsp3) is 0.241. The minimum Gasteiger partial charge on any atom is -0.357 e. The highest BCUT2D eigenvalue weighted by molar-refractivity contribution is 6.31. The Morgan fingerprint density at radius 3 is 2.07 bits per heavy atom. The summed E-state index contributed by atoms with van der Waals surface area (Å²) in [7, 11) is 0. The molecule has 0 radical (unpaired) electrons. The van der Waals surface area contributed by atoms with E-state index in [0.29, 0.717) is 41.1 Å². The van der Waals surface area contributed by atoms with Crippen molar-refractivity contribution in [3.63, 3.8) is 0 Å². The summed E-state index contributed by atoms with van der Waals surface area (Å²) in [6, 6.07) is 17.2. The Labute approximate surface area is 242 Å². The van der Waals surface area contributed by atoms with Crippen molar-refractivity contribution >= 4 is 34.7 Å². The maximum absolute atomic E-state index is 13.4. The molecule has 4 heterocycles. The summed E-state index contributed by atoms with van der Waals surface area (Å²) in [5.41, 5.74) is 2.57. The number of piperidine rings is 1. The quantitative estimate of drug-likeness (QED) is 0.221. The van der Waals surface area contributed by atoms with Crippen LogP contribution in [0.3, 0.4) is 0 Å². The molecule has 6 rings (SSSR count). The Morgan fingerprint density at radius 2 is 1.49 bits per heavy atom. The van der Waals surface area contributed by atoms with Crippen LogP contribution in [0.2, 0.25) is 10.0 Å². The number of hydrogen-bond acceptors (Lipinski definition) is 5. The SMILES string of the molecule is O=c1n(CC2CCN(c3ccc(C(F)(F)F)cn3)CC2)nc2c(-c3ccc(Cl)cc3)c(-c3ccc(Cl)cc3)cnn12. The van der Waals surface area contributed by atoms with E-state index < -0.39 is 11.7 Å². The van der Waals surface area contributed by atoms with Gasteiger partial charge in [-0.1, -0.05) is 47.5 Å². The fourth-order valence-electron chi connectivity index (χ4n) is 5.16. The molecule has 0 atom stereocenters. The van der Waals surface area contributed by atoms with E-state index in [1.165, 1.54) is 15.3 Å². The minimum atomic E-state index is -4.42. The molecule has 2 aromatic carbocycles. The van der Waals surface area contributed by atoms with Crippen molar-refractivity contribution in [1.82, 2.24) is 24.4 Å². The molecule has 0 amide bonds. The molecule has 3 aromatic heterocycles. The van der Waals surface area contributed by atoms with E-state index >= 15 is 0 Å². The Hall–Kier alpha value is -3.89. The van der Waals surface area contributed by atoms with E-state index in [1.807, 2.05) is 29.2 Å². The first kappa shape index (κ1) is 27.3. The predicted octanol–water partition coefficient (Wildman–Crippen LogP) is 6.86. The molecular weight excluding hydrogens is 576 g/mol. The Kier molecular flexibility index (Phi) is 7.21. The lowest BCUT2D eigenvalue weighted by molar-refractivity contribution is -0.137. The molecule has 1 fully saturated rings. The molecule has 12 heteroatoms. The van der Waals surface area contributed by atoms with Crippen LogP contribution < -0.4 is 10.6 Å². The minimum absolute atomic E-state index is 0.151. The number of fused-ring (bicyclic) bond motifs is 1. The van der Waals surface area contributed by atoms with Gasteiger partial charge in [0, 0.05) is 47.0 Å². The van der Waals surface area contributed by atoms with Crippen LogP contribution in [-0.4, -0.2) is 37.5 Å². The van der Waals surface area contributed by atoms with Gasteiger partial charge in [-0.3, -0.25) is 0 Å². The number of anilines is 1. The Balaban J connectivity index is 1.28. The lowest BCUT2D eigenvalue weighted by Crippen LogP contribution is -2.37. The maximum atomic E-state index is 13.4. The van der Waals surface area contributed by atoms with Crippen LogP contribution in [0.1, 0.15) is 18.4 Å². The molecule has 1 aliphatic heterocycles. The third-order valence-corrected chi connectivity index (χ3v) is 7.85. The molecule has 7 nitrogen and oxygen atoms in total. The highest BCUT2D eigenvalue weighted by Crippen LogP contribution is 2.35. The molecule has 0 unspecified atom stereocenters. The smallest absolute Gasteiger partial charge is 0.357 e. The topological polar surface area (TPSA) is 68.3 Å². The van der Waals surface area contributed by atoms with Gasteiger partial charge in [0.05, 0.1) is 11.8 Å². The molecule has 1 aliphatic rings. The lowest BCUT2D eigenvalue weighted by atomic mass is 9.97. The number of halogens is 5. The molecule has 0 spiro atoms. The highest BCUT2D eigenvalue weighted by atomic mass is 35.5. The number of benzene rings is 2. The van der Waals surface area contributed by atoms with Crippen LogP contribution in [0.5, 0.6) is 0 Å². The van der Waals surface area contributed by atoms with Crippen LogP contribution >= 0.6 is 23.2 Å². The first-order valence-electron chi connectivity index (χ1n) is 13.0. The predicted molar refractivity (Wildman–Crippen MR) is 152 cm³/mol. The number of nitrogens with zero attached hydrogens (tertiary/aromatic N) is 6. The highest BCUT2D eigenvalue weighted by Gasteiger charge is 2.31. The van der Waals surface area contributed by atoms with Gasteiger partial charge in [-0.2, -0.15) is 22.8 Å². The van der Waals surface area contributed by atoms with E-state index in [-0.39, 0.29) is 11.6 Å². The lowest BCUT2D eigenvalue weighted by Gasteiger charge is -2.32. The zero-order valence-corrected chi connectivity index (χ0v) is 23.0. The zero-order valence-electron chi connectivity index (χ0n) is 21.5. The van der Waals surface area contributed by atoms with Crippen LogP contribution in [0.25, 0.3) is 27.9 Å². The second-order valence-corrected chi connectivity index (χ2v) is 10.9. The van der Waals surface area contributed by atoms with Gasteiger partial charge in [-0.05, 0) is 66.3 Å². The molecule has 41 heavy (non-hydrogen) atoms. The van der Waals surface area contributed by atoms with Gasteiger partial charge in [-0.25, -0.2) is 14.5 Å². The first-order valence-corrected chi connectivity index (χ1v) is 13.7. The van der Waals surface area contributed by atoms with Crippen molar-refractivity contribution in [2.75, 3.05) is 18.0 Å². The molecule has 0 aliphatic carbocycles. The van der Waals surface area contributed by atoms with Gasteiger partial charge in [0.2, 0.25) is 0 Å².